The number of hydrogen-bond acceptors (Lipinski definition) is 4. The number of rotatable bonds is 2. The molecular formula is C8H14N2O2S. The molecule has 0 aromatic carbocycles. The Bertz CT molecular complexity index is 318. The molecule has 4 nitrogen and oxygen atoms in total. The Morgan fingerprint density at radius 1 is 1.62 bits per heavy atom. The highest BCUT2D eigenvalue weighted by atomic mass is 32.2. The van der Waals surface area contributed by atoms with Crippen LogP contribution in [0.4, 0.5) is 0 Å². The van der Waals surface area contributed by atoms with E-state index in [0.717, 1.165) is 0 Å². The zero-order valence-electron chi connectivity index (χ0n) is 7.82. The van der Waals surface area contributed by atoms with Gasteiger partial charge in [-0.05, 0) is 20.3 Å². The van der Waals surface area contributed by atoms with E-state index in [1.54, 1.807) is 13.8 Å². The number of hydrogen-bond donors (Lipinski definition) is 1. The first-order valence-corrected chi connectivity index (χ1v) is 6.06. The fraction of sp³-hybridized carbons (Fsp3) is 0.875. The molecule has 3 atom stereocenters. The Labute approximate surface area is 78.9 Å². The van der Waals surface area contributed by atoms with Crippen LogP contribution in [0.25, 0.3) is 0 Å². The minimum atomic E-state index is -2.90. The van der Waals surface area contributed by atoms with Crippen LogP contribution in [0, 0.1) is 11.3 Å². The zero-order chi connectivity index (χ0) is 10.1. The van der Waals surface area contributed by atoms with E-state index in [1.165, 1.54) is 0 Å². The standard InChI is InChI=1S/C8H14N2O2S/c1-6(5-9)10-8-3-4-13(11,12)7(8)2/h6-8,10H,3-4H2,1-2H3. The zero-order valence-corrected chi connectivity index (χ0v) is 8.63. The van der Waals surface area contributed by atoms with E-state index in [9.17, 15) is 8.42 Å². The molecule has 0 aliphatic carbocycles. The molecule has 1 aliphatic rings. The van der Waals surface area contributed by atoms with Gasteiger partial charge in [0.2, 0.25) is 0 Å². The lowest BCUT2D eigenvalue weighted by atomic mass is 10.1. The minimum Gasteiger partial charge on any atom is -0.298 e. The summed E-state index contributed by atoms with van der Waals surface area (Å²) in [6, 6.07) is 1.70. The van der Waals surface area contributed by atoms with E-state index >= 15 is 0 Å². The summed E-state index contributed by atoms with van der Waals surface area (Å²) in [7, 11) is -2.90. The molecule has 3 unspecified atom stereocenters. The van der Waals surface area contributed by atoms with Crippen LogP contribution in [-0.2, 0) is 9.84 Å². The SMILES string of the molecule is CC(C#N)NC1CCS(=O)(=O)C1C. The van der Waals surface area contributed by atoms with Crippen molar-refractivity contribution in [2.75, 3.05) is 5.75 Å². The molecule has 74 valence electrons. The van der Waals surface area contributed by atoms with Crippen LogP contribution in [0.15, 0.2) is 0 Å². The highest BCUT2D eigenvalue weighted by Gasteiger charge is 2.36. The highest BCUT2D eigenvalue weighted by Crippen LogP contribution is 2.20. The second kappa shape index (κ2) is 3.64. The molecule has 0 spiro atoms. The van der Waals surface area contributed by atoms with Crippen molar-refractivity contribution in [3.63, 3.8) is 0 Å². The summed E-state index contributed by atoms with van der Waals surface area (Å²) in [5, 5.41) is 11.2. The third-order valence-electron chi connectivity index (χ3n) is 2.50. The van der Waals surface area contributed by atoms with Gasteiger partial charge in [0, 0.05) is 6.04 Å². The summed E-state index contributed by atoms with van der Waals surface area (Å²) in [4.78, 5) is 0. The molecule has 0 saturated carbocycles. The Hall–Kier alpha value is -0.600. The van der Waals surface area contributed by atoms with E-state index in [0.29, 0.717) is 6.42 Å². The molecule has 1 saturated heterocycles. The lowest BCUT2D eigenvalue weighted by Crippen LogP contribution is -2.41. The lowest BCUT2D eigenvalue weighted by Gasteiger charge is -2.17. The summed E-state index contributed by atoms with van der Waals surface area (Å²) in [5.74, 6) is 0.240. The summed E-state index contributed by atoms with van der Waals surface area (Å²) in [5.41, 5.74) is 0. The minimum absolute atomic E-state index is 0.0559. The summed E-state index contributed by atoms with van der Waals surface area (Å²) >= 11 is 0. The fourth-order valence-electron chi connectivity index (χ4n) is 1.54. The van der Waals surface area contributed by atoms with Gasteiger partial charge in [-0.2, -0.15) is 5.26 Å². The van der Waals surface area contributed by atoms with Gasteiger partial charge in [0.15, 0.2) is 9.84 Å². The first-order valence-electron chi connectivity index (χ1n) is 4.34. The summed E-state index contributed by atoms with van der Waals surface area (Å²) in [6.45, 7) is 3.43. The first kappa shape index (κ1) is 10.5. The summed E-state index contributed by atoms with van der Waals surface area (Å²) < 4.78 is 22.6. The quantitative estimate of drug-likeness (QED) is 0.687. The van der Waals surface area contributed by atoms with E-state index in [1.807, 2.05) is 6.07 Å². The van der Waals surface area contributed by atoms with Crippen molar-refractivity contribution in [3.05, 3.63) is 0 Å². The Morgan fingerprint density at radius 2 is 2.23 bits per heavy atom. The van der Waals surface area contributed by atoms with Gasteiger partial charge in [-0.3, -0.25) is 5.32 Å². The Balaban J connectivity index is 2.62. The lowest BCUT2D eigenvalue weighted by molar-refractivity contribution is 0.485. The molecule has 1 rings (SSSR count). The van der Waals surface area contributed by atoms with Crippen LogP contribution >= 0.6 is 0 Å². The smallest absolute Gasteiger partial charge is 0.154 e. The highest BCUT2D eigenvalue weighted by molar-refractivity contribution is 7.92. The Morgan fingerprint density at radius 3 is 2.62 bits per heavy atom. The molecule has 0 amide bonds. The van der Waals surface area contributed by atoms with Crippen molar-refractivity contribution in [1.29, 1.82) is 5.26 Å². The predicted octanol–water partition coefficient (Wildman–Crippen LogP) is 0.0637. The average Bonchev–Trinajstić information content (AvgIpc) is 2.32. The van der Waals surface area contributed by atoms with Crippen LogP contribution in [0.5, 0.6) is 0 Å². The molecule has 13 heavy (non-hydrogen) atoms. The van der Waals surface area contributed by atoms with Gasteiger partial charge in [-0.25, -0.2) is 8.42 Å². The number of nitriles is 1. The summed E-state index contributed by atoms with van der Waals surface area (Å²) in [6.07, 6.45) is 0.621. The van der Waals surface area contributed by atoms with Crippen LogP contribution < -0.4 is 5.32 Å². The van der Waals surface area contributed by atoms with Crippen LogP contribution in [0.2, 0.25) is 0 Å². The predicted molar refractivity (Wildman–Crippen MR) is 49.9 cm³/mol. The maximum absolute atomic E-state index is 11.3. The van der Waals surface area contributed by atoms with Gasteiger partial charge in [0.1, 0.15) is 0 Å². The van der Waals surface area contributed by atoms with E-state index in [-0.39, 0.29) is 23.1 Å². The maximum atomic E-state index is 11.3. The molecule has 1 aliphatic heterocycles. The molecule has 0 aromatic rings. The molecule has 0 aromatic heterocycles. The second-order valence-corrected chi connectivity index (χ2v) is 5.96. The molecule has 1 fully saturated rings. The van der Waals surface area contributed by atoms with Crippen molar-refractivity contribution >= 4 is 9.84 Å². The molecule has 0 radical (unpaired) electrons. The first-order chi connectivity index (χ1) is 5.97. The van der Waals surface area contributed by atoms with Crippen molar-refractivity contribution in [2.24, 2.45) is 0 Å². The van der Waals surface area contributed by atoms with Crippen LogP contribution in [0.1, 0.15) is 20.3 Å². The van der Waals surface area contributed by atoms with E-state index in [2.05, 4.69) is 5.32 Å². The molecule has 1 N–H and O–H groups in total. The van der Waals surface area contributed by atoms with Crippen molar-refractivity contribution in [1.82, 2.24) is 5.32 Å². The van der Waals surface area contributed by atoms with Gasteiger partial charge in [-0.15, -0.1) is 0 Å². The Kier molecular flexibility index (Phi) is 2.94. The molecule has 5 heteroatoms. The maximum Gasteiger partial charge on any atom is 0.154 e. The largest absolute Gasteiger partial charge is 0.298 e. The van der Waals surface area contributed by atoms with Crippen LogP contribution in [-0.4, -0.2) is 31.5 Å². The van der Waals surface area contributed by atoms with E-state index < -0.39 is 9.84 Å². The number of sulfone groups is 1. The second-order valence-electron chi connectivity index (χ2n) is 3.48. The molecule has 0 bridgehead atoms. The normalized spacial score (nSPS) is 33.9. The molecule has 1 heterocycles. The van der Waals surface area contributed by atoms with Gasteiger partial charge in [0.05, 0.1) is 23.1 Å². The van der Waals surface area contributed by atoms with Crippen molar-refractivity contribution in [2.45, 2.75) is 37.6 Å². The monoisotopic (exact) mass is 202 g/mol. The van der Waals surface area contributed by atoms with Gasteiger partial charge >= 0.3 is 0 Å². The van der Waals surface area contributed by atoms with E-state index in [4.69, 9.17) is 5.26 Å². The van der Waals surface area contributed by atoms with Crippen LogP contribution in [0.3, 0.4) is 0 Å². The van der Waals surface area contributed by atoms with Gasteiger partial charge in [0.25, 0.3) is 0 Å². The number of nitrogens with one attached hydrogen (secondary N) is 1. The topological polar surface area (TPSA) is 70.0 Å². The van der Waals surface area contributed by atoms with Gasteiger partial charge < -0.3 is 0 Å². The molecular weight excluding hydrogens is 188 g/mol. The van der Waals surface area contributed by atoms with Crippen molar-refractivity contribution in [3.8, 4) is 6.07 Å². The third kappa shape index (κ3) is 2.20. The van der Waals surface area contributed by atoms with Gasteiger partial charge in [-0.1, -0.05) is 0 Å². The third-order valence-corrected chi connectivity index (χ3v) is 4.77. The average molecular weight is 202 g/mol. The van der Waals surface area contributed by atoms with Crippen molar-refractivity contribution < 1.29 is 8.42 Å². The number of nitrogens with zero attached hydrogens (tertiary/aromatic N) is 1. The fourth-order valence-corrected chi connectivity index (χ4v) is 3.21.